The van der Waals surface area contributed by atoms with Crippen LogP contribution in [-0.4, -0.2) is 37.7 Å². The topological polar surface area (TPSA) is 60.0 Å². The molecule has 0 amide bonds. The molecule has 0 unspecified atom stereocenters. The minimum atomic E-state index is 0.600. The Kier molecular flexibility index (Phi) is 4.06. The molecule has 0 N–H and O–H groups in total. The van der Waals surface area contributed by atoms with Crippen molar-refractivity contribution in [3.05, 3.63) is 41.8 Å². The summed E-state index contributed by atoms with van der Waals surface area (Å²) in [6.45, 7) is 7.85. The maximum atomic E-state index is 5.87. The van der Waals surface area contributed by atoms with Gasteiger partial charge in [-0.3, -0.25) is 4.90 Å². The molecular formula is C18H23N5O. The molecule has 0 saturated carbocycles. The molecule has 1 atom stereocenters. The molecule has 1 aliphatic heterocycles. The van der Waals surface area contributed by atoms with Crippen molar-refractivity contribution in [2.75, 3.05) is 13.1 Å². The van der Waals surface area contributed by atoms with Crippen LogP contribution >= 0.6 is 0 Å². The number of aryl methyl sites for hydroxylation is 2. The molecule has 1 fully saturated rings. The first-order chi connectivity index (χ1) is 11.7. The van der Waals surface area contributed by atoms with Gasteiger partial charge in [0.25, 0.3) is 0 Å². The fourth-order valence-electron chi connectivity index (χ4n) is 3.60. The predicted octanol–water partition coefficient (Wildman–Crippen LogP) is 2.95. The second-order valence-electron chi connectivity index (χ2n) is 6.71. The third-order valence-electron chi connectivity index (χ3n) is 4.69. The normalized spacial score (nSPS) is 19.2. The fraction of sp³-hybridized carbons (Fsp3) is 0.500. The molecule has 0 radical (unpaired) electrons. The van der Waals surface area contributed by atoms with E-state index in [1.807, 2.05) is 42.8 Å². The van der Waals surface area contributed by atoms with E-state index < -0.39 is 0 Å². The van der Waals surface area contributed by atoms with Crippen molar-refractivity contribution in [2.45, 2.75) is 39.8 Å². The summed E-state index contributed by atoms with van der Waals surface area (Å²) >= 11 is 0. The van der Waals surface area contributed by atoms with Crippen LogP contribution in [0.15, 0.2) is 28.7 Å². The molecule has 2 aromatic heterocycles. The summed E-state index contributed by atoms with van der Waals surface area (Å²) in [6, 6.07) is 7.95. The smallest absolute Gasteiger partial charge is 0.209 e. The van der Waals surface area contributed by atoms with E-state index in [4.69, 9.17) is 4.42 Å². The van der Waals surface area contributed by atoms with Crippen molar-refractivity contribution in [1.82, 2.24) is 24.6 Å². The lowest BCUT2D eigenvalue weighted by Crippen LogP contribution is -2.37. The minimum absolute atomic E-state index is 0.600. The molecule has 6 nitrogen and oxygen atoms in total. The number of nitrogens with zero attached hydrogens (tertiary/aromatic N) is 5. The van der Waals surface area contributed by atoms with Gasteiger partial charge in [0.2, 0.25) is 5.89 Å². The van der Waals surface area contributed by atoms with Gasteiger partial charge >= 0.3 is 0 Å². The number of benzene rings is 1. The molecule has 0 spiro atoms. The van der Waals surface area contributed by atoms with Gasteiger partial charge in [-0.25, -0.2) is 14.6 Å². The highest BCUT2D eigenvalue weighted by molar-refractivity contribution is 5.72. The Morgan fingerprint density at radius 2 is 2.08 bits per heavy atom. The summed E-state index contributed by atoms with van der Waals surface area (Å²) in [6.07, 6.45) is 2.44. The molecule has 6 heteroatoms. The lowest BCUT2D eigenvalue weighted by atomic mass is 9.98. The van der Waals surface area contributed by atoms with E-state index in [0.29, 0.717) is 5.92 Å². The van der Waals surface area contributed by atoms with Crippen molar-refractivity contribution in [3.63, 3.8) is 0 Å². The van der Waals surface area contributed by atoms with Gasteiger partial charge in [0.15, 0.2) is 5.58 Å². The van der Waals surface area contributed by atoms with Gasteiger partial charge in [0.1, 0.15) is 17.2 Å². The molecule has 0 bridgehead atoms. The number of likely N-dealkylation sites (tertiary alicyclic amines) is 1. The van der Waals surface area contributed by atoms with Crippen LogP contribution in [-0.2, 0) is 13.1 Å². The monoisotopic (exact) mass is 325 g/mol. The van der Waals surface area contributed by atoms with E-state index in [1.165, 1.54) is 12.8 Å². The van der Waals surface area contributed by atoms with Crippen molar-refractivity contribution >= 4 is 11.1 Å². The van der Waals surface area contributed by atoms with Gasteiger partial charge in [-0.05, 0) is 51.3 Å². The van der Waals surface area contributed by atoms with Crippen LogP contribution in [0.25, 0.3) is 11.1 Å². The van der Waals surface area contributed by atoms with Crippen molar-refractivity contribution in [2.24, 2.45) is 5.92 Å². The van der Waals surface area contributed by atoms with Crippen molar-refractivity contribution in [3.8, 4) is 0 Å². The fourth-order valence-corrected chi connectivity index (χ4v) is 3.60. The van der Waals surface area contributed by atoms with Gasteiger partial charge < -0.3 is 4.42 Å². The number of piperidine rings is 1. The Morgan fingerprint density at radius 3 is 2.88 bits per heavy atom. The van der Waals surface area contributed by atoms with Crippen LogP contribution < -0.4 is 0 Å². The molecule has 0 aliphatic carbocycles. The van der Waals surface area contributed by atoms with Gasteiger partial charge in [0.05, 0.1) is 6.54 Å². The highest BCUT2D eigenvalue weighted by Crippen LogP contribution is 2.22. The summed E-state index contributed by atoms with van der Waals surface area (Å²) in [7, 11) is 0. The molecule has 126 valence electrons. The molecule has 1 aliphatic rings. The Hall–Kier alpha value is -2.21. The zero-order valence-electron chi connectivity index (χ0n) is 14.3. The van der Waals surface area contributed by atoms with Crippen LogP contribution in [0.3, 0.4) is 0 Å². The maximum absolute atomic E-state index is 5.87. The van der Waals surface area contributed by atoms with Crippen LogP contribution in [0.1, 0.15) is 30.4 Å². The number of fused-ring (bicyclic) bond motifs is 1. The number of para-hydroxylation sites is 2. The maximum Gasteiger partial charge on any atom is 0.209 e. The number of hydrogen-bond acceptors (Lipinski definition) is 5. The lowest BCUT2D eigenvalue weighted by molar-refractivity contribution is 0.142. The zero-order chi connectivity index (χ0) is 16.5. The first kappa shape index (κ1) is 15.3. The Balaban J connectivity index is 1.42. The van der Waals surface area contributed by atoms with E-state index in [9.17, 15) is 0 Å². The van der Waals surface area contributed by atoms with Crippen LogP contribution in [0, 0.1) is 19.8 Å². The van der Waals surface area contributed by atoms with E-state index in [0.717, 1.165) is 54.8 Å². The van der Waals surface area contributed by atoms with E-state index in [1.54, 1.807) is 0 Å². The van der Waals surface area contributed by atoms with Crippen LogP contribution in [0.5, 0.6) is 0 Å². The van der Waals surface area contributed by atoms with E-state index in [2.05, 4.69) is 20.0 Å². The number of aromatic nitrogens is 4. The first-order valence-electron chi connectivity index (χ1n) is 8.62. The van der Waals surface area contributed by atoms with Gasteiger partial charge in [-0.2, -0.15) is 5.10 Å². The number of hydrogen-bond donors (Lipinski definition) is 0. The van der Waals surface area contributed by atoms with Crippen LogP contribution in [0.4, 0.5) is 0 Å². The Morgan fingerprint density at radius 1 is 1.21 bits per heavy atom. The third kappa shape index (κ3) is 3.19. The van der Waals surface area contributed by atoms with Gasteiger partial charge in [-0.1, -0.05) is 12.1 Å². The summed E-state index contributed by atoms with van der Waals surface area (Å²) in [5, 5.41) is 4.50. The van der Waals surface area contributed by atoms with Crippen molar-refractivity contribution in [1.29, 1.82) is 0 Å². The summed E-state index contributed by atoms with van der Waals surface area (Å²) in [5.74, 6) is 3.27. The number of rotatable bonds is 4. The standard InChI is InChI=1S/C18H23N5O/c1-13-19-14(2)23(21-13)11-15-6-5-9-22(10-15)12-18-20-16-7-3-4-8-17(16)24-18/h3-4,7-8,15H,5-6,9-12H2,1-2H3/t15-/m1/s1. The first-order valence-corrected chi connectivity index (χ1v) is 8.62. The summed E-state index contributed by atoms with van der Waals surface area (Å²) < 4.78 is 7.91. The van der Waals surface area contributed by atoms with E-state index >= 15 is 0 Å². The molecular weight excluding hydrogens is 302 g/mol. The van der Waals surface area contributed by atoms with Gasteiger partial charge in [-0.15, -0.1) is 0 Å². The zero-order valence-corrected chi connectivity index (χ0v) is 14.3. The average molecular weight is 325 g/mol. The van der Waals surface area contributed by atoms with E-state index in [-0.39, 0.29) is 0 Å². The Bertz CT molecular complexity index is 804. The summed E-state index contributed by atoms with van der Waals surface area (Å²) in [4.78, 5) is 11.4. The predicted molar refractivity (Wildman–Crippen MR) is 91.5 cm³/mol. The lowest BCUT2D eigenvalue weighted by Gasteiger charge is -2.31. The van der Waals surface area contributed by atoms with Gasteiger partial charge in [0, 0.05) is 13.1 Å². The Labute approximate surface area is 141 Å². The molecule has 1 aromatic carbocycles. The second-order valence-corrected chi connectivity index (χ2v) is 6.71. The quantitative estimate of drug-likeness (QED) is 0.738. The number of oxazole rings is 1. The average Bonchev–Trinajstić information content (AvgIpc) is 3.10. The molecule has 3 heterocycles. The molecule has 4 rings (SSSR count). The largest absolute Gasteiger partial charge is 0.439 e. The van der Waals surface area contributed by atoms with Crippen molar-refractivity contribution < 1.29 is 4.42 Å². The second kappa shape index (κ2) is 6.36. The molecule has 1 saturated heterocycles. The third-order valence-corrected chi connectivity index (χ3v) is 4.69. The minimum Gasteiger partial charge on any atom is -0.439 e. The molecule has 3 aromatic rings. The highest BCUT2D eigenvalue weighted by Gasteiger charge is 2.22. The SMILES string of the molecule is Cc1nc(C)n(C[C@@H]2CCCN(Cc3nc4ccccc4o3)C2)n1. The van der Waals surface area contributed by atoms with Crippen LogP contribution in [0.2, 0.25) is 0 Å². The molecule has 24 heavy (non-hydrogen) atoms. The highest BCUT2D eigenvalue weighted by atomic mass is 16.3. The summed E-state index contributed by atoms with van der Waals surface area (Å²) in [5.41, 5.74) is 1.81.